The van der Waals surface area contributed by atoms with Crippen molar-refractivity contribution in [3.8, 4) is 23.0 Å². The van der Waals surface area contributed by atoms with Crippen LogP contribution in [0.1, 0.15) is 16.2 Å². The molecule has 0 unspecified atom stereocenters. The van der Waals surface area contributed by atoms with Crippen LogP contribution in [-0.4, -0.2) is 15.9 Å². The summed E-state index contributed by atoms with van der Waals surface area (Å²) in [6, 6.07) is 14.3. The number of aromatic nitrogens is 2. The molecule has 2 aromatic heterocycles. The molecule has 6 nitrogen and oxygen atoms in total. The van der Waals surface area contributed by atoms with Crippen LogP contribution in [0.5, 0.6) is 23.0 Å². The molecule has 2 N–H and O–H groups in total. The Morgan fingerprint density at radius 3 is 2.46 bits per heavy atom. The first-order valence-electron chi connectivity index (χ1n) is 7.25. The minimum atomic E-state index is -0.683. The molecule has 0 aliphatic carbocycles. The van der Waals surface area contributed by atoms with Crippen LogP contribution in [-0.2, 0) is 0 Å². The average Bonchev–Trinajstić information content (AvgIpc) is 2.58. The first-order valence-corrected chi connectivity index (χ1v) is 7.25. The number of amides is 1. The van der Waals surface area contributed by atoms with E-state index in [0.29, 0.717) is 22.9 Å². The van der Waals surface area contributed by atoms with Gasteiger partial charge in [-0.2, -0.15) is 0 Å². The fraction of sp³-hybridized carbons (Fsp3) is 0.0556. The van der Waals surface area contributed by atoms with Crippen molar-refractivity contribution in [2.75, 3.05) is 0 Å². The molecule has 3 aromatic rings. The predicted octanol–water partition coefficient (Wildman–Crippen LogP) is 3.47. The van der Waals surface area contributed by atoms with Gasteiger partial charge in [-0.05, 0) is 31.2 Å². The number of benzene rings is 1. The third kappa shape index (κ3) is 3.49. The van der Waals surface area contributed by atoms with Crippen LogP contribution in [0.15, 0.2) is 60.9 Å². The monoisotopic (exact) mass is 321 g/mol. The molecule has 0 spiro atoms. The third-order valence-corrected chi connectivity index (χ3v) is 3.22. The van der Waals surface area contributed by atoms with E-state index in [-0.39, 0.29) is 11.4 Å². The van der Waals surface area contributed by atoms with Crippen molar-refractivity contribution in [1.82, 2.24) is 9.97 Å². The molecule has 120 valence electrons. The number of nitrogens with two attached hydrogens (primary N) is 1. The van der Waals surface area contributed by atoms with E-state index >= 15 is 0 Å². The lowest BCUT2D eigenvalue weighted by Gasteiger charge is -2.12. The number of pyridine rings is 2. The summed E-state index contributed by atoms with van der Waals surface area (Å²) in [6.07, 6.45) is 3.08. The minimum Gasteiger partial charge on any atom is -0.456 e. The second kappa shape index (κ2) is 6.78. The van der Waals surface area contributed by atoms with Gasteiger partial charge in [-0.3, -0.25) is 9.78 Å². The number of para-hydroxylation sites is 1. The molecule has 0 fully saturated rings. The van der Waals surface area contributed by atoms with Crippen molar-refractivity contribution < 1.29 is 14.3 Å². The summed E-state index contributed by atoms with van der Waals surface area (Å²) in [7, 11) is 0. The molecule has 3 rings (SSSR count). The van der Waals surface area contributed by atoms with E-state index < -0.39 is 5.91 Å². The van der Waals surface area contributed by atoms with Gasteiger partial charge in [-0.15, -0.1) is 0 Å². The van der Waals surface area contributed by atoms with Crippen molar-refractivity contribution in [2.45, 2.75) is 6.92 Å². The second-order valence-corrected chi connectivity index (χ2v) is 4.99. The van der Waals surface area contributed by atoms with Crippen molar-refractivity contribution in [1.29, 1.82) is 0 Å². The van der Waals surface area contributed by atoms with E-state index in [4.69, 9.17) is 15.2 Å². The molecule has 0 aliphatic heterocycles. The van der Waals surface area contributed by atoms with Gasteiger partial charge >= 0.3 is 0 Å². The van der Waals surface area contributed by atoms with Gasteiger partial charge in [0.15, 0.2) is 11.4 Å². The number of primary amides is 1. The highest BCUT2D eigenvalue weighted by atomic mass is 16.5. The first kappa shape index (κ1) is 15.5. The molecule has 6 heteroatoms. The number of aryl methyl sites for hydroxylation is 1. The Labute approximate surface area is 138 Å². The normalized spacial score (nSPS) is 10.2. The summed E-state index contributed by atoms with van der Waals surface area (Å²) in [5.41, 5.74) is 6.08. The lowest BCUT2D eigenvalue weighted by molar-refractivity contribution is 0.0993. The lowest BCUT2D eigenvalue weighted by Crippen LogP contribution is -2.14. The summed E-state index contributed by atoms with van der Waals surface area (Å²) in [6.45, 7) is 1.80. The highest BCUT2D eigenvalue weighted by Crippen LogP contribution is 2.30. The maximum Gasteiger partial charge on any atom is 0.271 e. The number of nitrogens with zero attached hydrogens (tertiary/aromatic N) is 2. The summed E-state index contributed by atoms with van der Waals surface area (Å²) in [5, 5.41) is 0. The molecule has 0 aliphatic rings. The van der Waals surface area contributed by atoms with Gasteiger partial charge in [0.05, 0.1) is 11.9 Å². The van der Waals surface area contributed by atoms with E-state index in [1.54, 1.807) is 31.3 Å². The maximum absolute atomic E-state index is 11.6. The van der Waals surface area contributed by atoms with Gasteiger partial charge in [-0.25, -0.2) is 4.98 Å². The second-order valence-electron chi connectivity index (χ2n) is 4.99. The molecule has 2 heterocycles. The molecule has 0 bridgehead atoms. The number of carbonyl (C=O) groups is 1. The van der Waals surface area contributed by atoms with Crippen molar-refractivity contribution in [2.24, 2.45) is 5.73 Å². The first-order chi connectivity index (χ1) is 11.6. The predicted molar refractivity (Wildman–Crippen MR) is 88.3 cm³/mol. The van der Waals surface area contributed by atoms with Crippen LogP contribution in [0.25, 0.3) is 0 Å². The molecule has 0 radical (unpaired) electrons. The van der Waals surface area contributed by atoms with Crippen LogP contribution >= 0.6 is 0 Å². The van der Waals surface area contributed by atoms with Crippen LogP contribution < -0.4 is 15.2 Å². The maximum atomic E-state index is 11.6. The zero-order valence-corrected chi connectivity index (χ0v) is 13.0. The zero-order chi connectivity index (χ0) is 16.9. The van der Waals surface area contributed by atoms with E-state index in [9.17, 15) is 4.79 Å². The minimum absolute atomic E-state index is 0.0265. The summed E-state index contributed by atoms with van der Waals surface area (Å²) >= 11 is 0. The Morgan fingerprint density at radius 2 is 1.75 bits per heavy atom. The number of hydrogen-bond acceptors (Lipinski definition) is 5. The van der Waals surface area contributed by atoms with Crippen molar-refractivity contribution >= 4 is 5.91 Å². The average molecular weight is 321 g/mol. The summed E-state index contributed by atoms with van der Waals surface area (Å²) in [4.78, 5) is 19.8. The van der Waals surface area contributed by atoms with Gasteiger partial charge in [-0.1, -0.05) is 18.2 Å². The van der Waals surface area contributed by atoms with Crippen molar-refractivity contribution in [3.05, 3.63) is 72.3 Å². The Balaban J connectivity index is 1.94. The molecule has 1 amide bonds. The Hall–Kier alpha value is -3.41. The van der Waals surface area contributed by atoms with Gasteiger partial charge in [0.1, 0.15) is 17.2 Å². The van der Waals surface area contributed by atoms with Crippen LogP contribution in [0.4, 0.5) is 0 Å². The molecule has 24 heavy (non-hydrogen) atoms. The zero-order valence-electron chi connectivity index (χ0n) is 13.0. The fourth-order valence-corrected chi connectivity index (χ4v) is 2.07. The molecular formula is C18H15N3O3. The number of rotatable bonds is 5. The van der Waals surface area contributed by atoms with Crippen LogP contribution in [0, 0.1) is 6.92 Å². The highest BCUT2D eigenvalue weighted by Gasteiger charge is 2.15. The molecule has 0 saturated carbocycles. The lowest BCUT2D eigenvalue weighted by atomic mass is 10.3. The number of ether oxygens (including phenoxy) is 2. The Kier molecular flexibility index (Phi) is 4.38. The van der Waals surface area contributed by atoms with Crippen molar-refractivity contribution in [3.63, 3.8) is 0 Å². The van der Waals surface area contributed by atoms with E-state index in [0.717, 1.165) is 0 Å². The molecular weight excluding hydrogens is 306 g/mol. The van der Waals surface area contributed by atoms with E-state index in [1.807, 2.05) is 30.3 Å². The standard InChI is InChI=1S/C18H15N3O3/c1-12-15(8-5-9-20-12)24-16-10-14(11-21-17(16)18(19)22)23-13-6-3-2-4-7-13/h2-11H,1H3,(H2,19,22). The van der Waals surface area contributed by atoms with Crippen LogP contribution in [0.3, 0.4) is 0 Å². The Morgan fingerprint density at radius 1 is 0.958 bits per heavy atom. The third-order valence-electron chi connectivity index (χ3n) is 3.22. The largest absolute Gasteiger partial charge is 0.456 e. The molecule has 0 atom stereocenters. The highest BCUT2D eigenvalue weighted by molar-refractivity contribution is 5.93. The smallest absolute Gasteiger partial charge is 0.271 e. The summed E-state index contributed by atoms with van der Waals surface area (Å²) in [5.74, 6) is 1.13. The summed E-state index contributed by atoms with van der Waals surface area (Å²) < 4.78 is 11.5. The number of hydrogen-bond donors (Lipinski definition) is 1. The van der Waals surface area contributed by atoms with Gasteiger partial charge in [0, 0.05) is 12.3 Å². The molecule has 0 saturated heterocycles. The van der Waals surface area contributed by atoms with Crippen LogP contribution in [0.2, 0.25) is 0 Å². The van der Waals surface area contributed by atoms with E-state index in [2.05, 4.69) is 9.97 Å². The fourth-order valence-electron chi connectivity index (χ4n) is 2.07. The van der Waals surface area contributed by atoms with Gasteiger partial charge in [0.2, 0.25) is 0 Å². The van der Waals surface area contributed by atoms with Gasteiger partial charge in [0.25, 0.3) is 5.91 Å². The van der Waals surface area contributed by atoms with E-state index in [1.165, 1.54) is 6.20 Å². The Bertz CT molecular complexity index is 866. The quantitative estimate of drug-likeness (QED) is 0.777. The topological polar surface area (TPSA) is 87.3 Å². The SMILES string of the molecule is Cc1ncccc1Oc1cc(Oc2ccccc2)cnc1C(N)=O. The van der Waals surface area contributed by atoms with Gasteiger partial charge < -0.3 is 15.2 Å². The number of carbonyl (C=O) groups excluding carboxylic acids is 1. The molecule has 1 aromatic carbocycles.